The Morgan fingerprint density at radius 3 is 0.667 bits per heavy atom. The molecule has 0 fully saturated rings. The fraction of sp³-hybridized carbons (Fsp3) is 0. The summed E-state index contributed by atoms with van der Waals surface area (Å²) in [6.07, 6.45) is 0. The molecule has 9 nitrogen and oxygen atoms in total. The first kappa shape index (κ1) is 36.5. The summed E-state index contributed by atoms with van der Waals surface area (Å²) in [6, 6.07) is 0. The molecule has 0 aliphatic carbocycles. The fourth-order valence-electron chi connectivity index (χ4n) is 0. The summed E-state index contributed by atoms with van der Waals surface area (Å²) in [5.74, 6) is 0. The van der Waals surface area contributed by atoms with E-state index in [9.17, 15) is 0 Å². The molecule has 0 aliphatic heterocycles. The Kier molecular flexibility index (Phi) is 50.1. The first-order chi connectivity index (χ1) is 5.00. The smallest absolute Gasteiger partial charge is 0.822 e. The molecule has 0 atom stereocenters. The van der Waals surface area contributed by atoms with Crippen molar-refractivity contribution < 1.29 is 43.1 Å². The average Bonchev–Trinajstić information content (AvgIpc) is 1.59. The summed E-state index contributed by atoms with van der Waals surface area (Å²) in [6.45, 7) is 0. The minimum absolute atomic E-state index is 0. The Hall–Kier alpha value is 4.25. The van der Waals surface area contributed by atoms with Gasteiger partial charge in [-0.15, -0.1) is 0 Å². The molecule has 0 aromatic rings. The van der Waals surface area contributed by atoms with Crippen LogP contribution in [0.2, 0.25) is 0 Å². The van der Waals surface area contributed by atoms with Gasteiger partial charge < -0.3 is 38.5 Å². The van der Waals surface area contributed by atoms with Crippen molar-refractivity contribution in [1.82, 2.24) is 0 Å². The minimum Gasteiger partial charge on any atom is -0.822 e. The molecular weight excluding hydrogens is 362 g/mol. The van der Waals surface area contributed by atoms with Gasteiger partial charge in [0.05, 0.1) is 11.9 Å². The van der Waals surface area contributed by atoms with Crippen LogP contribution >= 0.6 is 27.5 Å². The maximum Gasteiger partial charge on any atom is 2.00 e. The van der Waals surface area contributed by atoms with E-state index in [1.807, 2.05) is 0 Å². The third kappa shape index (κ3) is 267. The standard InChI is InChI=1S/3Ca.ClHO.2H3O4P/c;;;1-2;2*1-5(2,3)4/h;;;2H;2*(H3,1,2,3,4)/q3*+2;;;/p-6. The van der Waals surface area contributed by atoms with E-state index >= 15 is 0 Å². The molecule has 15 heteroatoms. The quantitative estimate of drug-likeness (QED) is 0.322. The number of rotatable bonds is 0. The van der Waals surface area contributed by atoms with E-state index in [4.69, 9.17) is 43.1 Å². The Labute approximate surface area is 180 Å². The monoisotopic (exact) mass is 362 g/mol. The average molecular weight is 363 g/mol. The summed E-state index contributed by atoms with van der Waals surface area (Å²) in [5.41, 5.74) is 0. The van der Waals surface area contributed by atoms with Crippen LogP contribution in [0.15, 0.2) is 0 Å². The largest absolute Gasteiger partial charge is 2.00 e. The van der Waals surface area contributed by atoms with Gasteiger partial charge >= 0.3 is 113 Å². The second-order valence-electron chi connectivity index (χ2n) is 0.894. The van der Waals surface area contributed by atoms with Gasteiger partial charge in [0, 0.05) is 0 Å². The van der Waals surface area contributed by atoms with E-state index in [2.05, 4.69) is 11.9 Å². The van der Waals surface area contributed by atoms with Gasteiger partial charge in [-0.25, -0.2) is 0 Å². The molecule has 0 heterocycles. The van der Waals surface area contributed by atoms with Crippen LogP contribution < -0.4 is 29.4 Å². The molecular formula is HCa3ClO9P2. The Bertz CT molecular complexity index is 136. The zero-order valence-corrected chi connectivity index (χ0v) is 16.3. The molecule has 78 valence electrons. The molecule has 0 bridgehead atoms. The van der Waals surface area contributed by atoms with Gasteiger partial charge in [-0.1, -0.05) is 0 Å². The molecule has 0 aromatic carbocycles. The van der Waals surface area contributed by atoms with Crippen LogP contribution in [-0.4, -0.2) is 118 Å². The topological polar surface area (TPSA) is 193 Å². The Morgan fingerprint density at radius 2 is 0.667 bits per heavy atom. The minimum atomic E-state index is -5.39. The molecule has 0 radical (unpaired) electrons. The molecule has 0 saturated heterocycles. The number of hydrogen-bond donors (Lipinski definition) is 1. The van der Waals surface area contributed by atoms with E-state index in [-0.39, 0.29) is 113 Å². The maximum atomic E-state index is 8.55. The van der Waals surface area contributed by atoms with Crippen molar-refractivity contribution in [2.75, 3.05) is 0 Å². The van der Waals surface area contributed by atoms with Gasteiger partial charge in [-0.3, -0.25) is 4.66 Å². The molecule has 0 amide bonds. The van der Waals surface area contributed by atoms with Crippen LogP contribution in [0, 0.1) is 0 Å². The normalized spacial score (nSPS) is 8.27. The number of hydrogen-bond acceptors (Lipinski definition) is 9. The van der Waals surface area contributed by atoms with Crippen LogP contribution in [-0.2, 0) is 9.13 Å². The molecule has 0 rings (SSSR count). The van der Waals surface area contributed by atoms with Crippen molar-refractivity contribution in [3.8, 4) is 0 Å². The first-order valence-corrected chi connectivity index (χ1v) is 4.89. The third-order valence-corrected chi connectivity index (χ3v) is 0. The third-order valence-electron chi connectivity index (χ3n) is 0. The first-order valence-electron chi connectivity index (χ1n) is 1.63. The summed E-state index contributed by atoms with van der Waals surface area (Å²) in [4.78, 5) is 51.3. The van der Waals surface area contributed by atoms with Crippen molar-refractivity contribution in [2.24, 2.45) is 0 Å². The van der Waals surface area contributed by atoms with E-state index in [1.165, 1.54) is 0 Å². The number of halogens is 1. The van der Waals surface area contributed by atoms with E-state index in [0.717, 1.165) is 0 Å². The molecule has 0 spiro atoms. The summed E-state index contributed by atoms with van der Waals surface area (Å²) in [7, 11) is -10.8. The van der Waals surface area contributed by atoms with Crippen molar-refractivity contribution in [3.63, 3.8) is 0 Å². The van der Waals surface area contributed by atoms with Crippen LogP contribution in [0.5, 0.6) is 0 Å². The van der Waals surface area contributed by atoms with Crippen LogP contribution in [0.4, 0.5) is 0 Å². The van der Waals surface area contributed by atoms with Crippen LogP contribution in [0.25, 0.3) is 0 Å². The predicted molar refractivity (Wildman–Crippen MR) is 40.5 cm³/mol. The Balaban J connectivity index is -0.0000000197. The van der Waals surface area contributed by atoms with Crippen molar-refractivity contribution in [3.05, 3.63) is 0 Å². The molecule has 15 heavy (non-hydrogen) atoms. The fourth-order valence-corrected chi connectivity index (χ4v) is 0. The van der Waals surface area contributed by atoms with Crippen LogP contribution in [0.1, 0.15) is 0 Å². The van der Waals surface area contributed by atoms with Gasteiger partial charge in [0.2, 0.25) is 0 Å². The van der Waals surface area contributed by atoms with E-state index in [0.29, 0.717) is 0 Å². The van der Waals surface area contributed by atoms with Gasteiger partial charge in [0.1, 0.15) is 0 Å². The summed E-state index contributed by atoms with van der Waals surface area (Å²) < 4.78 is 23.6. The molecule has 0 saturated carbocycles. The van der Waals surface area contributed by atoms with Gasteiger partial charge in [-0.2, -0.15) is 15.6 Å². The number of phosphoric acid groups is 2. The Morgan fingerprint density at radius 1 is 0.667 bits per heavy atom. The second-order valence-corrected chi connectivity index (χ2v) is 2.68. The SMILES string of the molecule is O=P([O-])([O-])[O-].O=P([O-])([O-])[O-].OCl.[Ca+2].[Ca+2].[Ca+2]. The molecule has 1 N–H and O–H groups in total. The summed E-state index contributed by atoms with van der Waals surface area (Å²) in [5, 5.41) is 0. The van der Waals surface area contributed by atoms with Gasteiger partial charge in [-0.05, 0) is 0 Å². The van der Waals surface area contributed by atoms with Gasteiger partial charge in [0.25, 0.3) is 0 Å². The molecule has 0 aromatic heterocycles. The zero-order chi connectivity index (χ0) is 11.0. The van der Waals surface area contributed by atoms with Crippen molar-refractivity contribution >= 4 is 141 Å². The predicted octanol–water partition coefficient (Wildman–Crippen LogP) is -6.66. The second kappa shape index (κ2) is 20.6. The molecule has 0 aliphatic rings. The molecule has 0 unspecified atom stereocenters. The summed E-state index contributed by atoms with van der Waals surface area (Å²) >= 11 is 3.64. The zero-order valence-electron chi connectivity index (χ0n) is 7.11. The van der Waals surface area contributed by atoms with E-state index in [1.54, 1.807) is 0 Å². The van der Waals surface area contributed by atoms with Crippen LogP contribution in [0.3, 0.4) is 0 Å². The van der Waals surface area contributed by atoms with Gasteiger partial charge in [0.15, 0.2) is 0 Å². The van der Waals surface area contributed by atoms with Crippen molar-refractivity contribution in [1.29, 1.82) is 0 Å². The maximum absolute atomic E-state index is 8.55. The van der Waals surface area contributed by atoms with Crippen molar-refractivity contribution in [2.45, 2.75) is 0 Å². The van der Waals surface area contributed by atoms with E-state index < -0.39 is 15.6 Å².